The number of nitrogens with one attached hydrogen (secondary N) is 1. The van der Waals surface area contributed by atoms with Crippen LogP contribution >= 0.6 is 11.6 Å². The molecular weight excluding hydrogens is 628 g/mol. The number of non-ortho nitro benzene ring substituents is 1. The van der Waals surface area contributed by atoms with Crippen LogP contribution in [0.15, 0.2) is 114 Å². The van der Waals surface area contributed by atoms with Crippen molar-refractivity contribution in [3.63, 3.8) is 0 Å². The van der Waals surface area contributed by atoms with Crippen molar-refractivity contribution in [2.45, 2.75) is 50.2 Å². The van der Waals surface area contributed by atoms with Crippen molar-refractivity contribution < 1.29 is 22.9 Å². The van der Waals surface area contributed by atoms with Gasteiger partial charge in [0, 0.05) is 36.2 Å². The van der Waals surface area contributed by atoms with E-state index >= 15 is 0 Å². The van der Waals surface area contributed by atoms with Crippen molar-refractivity contribution in [3.8, 4) is 0 Å². The molecule has 0 aromatic heterocycles. The number of nitrogens with zero attached hydrogens (tertiary/aromatic N) is 3. The molecule has 0 unspecified atom stereocenters. The maximum absolute atomic E-state index is 14.5. The summed E-state index contributed by atoms with van der Waals surface area (Å²) in [6, 6.07) is 27.4. The first-order valence-electron chi connectivity index (χ1n) is 14.7. The number of nitro groups is 1. The number of carbonyl (C=O) groups is 2. The first kappa shape index (κ1) is 34.1. The molecule has 240 valence electrons. The average molecular weight is 663 g/mol. The molecule has 4 aromatic rings. The molecule has 0 aliphatic rings. The molecule has 0 radical (unpaired) electrons. The Kier molecular flexibility index (Phi) is 11.5. The predicted octanol–water partition coefficient (Wildman–Crippen LogP) is 6.00. The number of carbonyl (C=O) groups excluding carboxylic acids is 2. The lowest BCUT2D eigenvalue weighted by Gasteiger charge is -2.34. The number of amides is 2. The summed E-state index contributed by atoms with van der Waals surface area (Å²) in [5.41, 5.74) is 1.01. The van der Waals surface area contributed by atoms with Crippen molar-refractivity contribution in [2.24, 2.45) is 0 Å². The Bertz CT molecular complexity index is 1770. The topological polar surface area (TPSA) is 130 Å². The Labute approximate surface area is 273 Å². The second kappa shape index (κ2) is 15.5. The molecule has 2 amide bonds. The van der Waals surface area contributed by atoms with Gasteiger partial charge in [-0.05, 0) is 54.8 Å². The van der Waals surface area contributed by atoms with E-state index in [9.17, 15) is 28.1 Å². The Morgan fingerprint density at radius 3 is 2.15 bits per heavy atom. The number of anilines is 1. The molecule has 46 heavy (non-hydrogen) atoms. The first-order valence-corrected chi connectivity index (χ1v) is 16.5. The highest BCUT2D eigenvalue weighted by atomic mass is 35.5. The van der Waals surface area contributed by atoms with Gasteiger partial charge in [0.2, 0.25) is 11.8 Å². The van der Waals surface area contributed by atoms with E-state index in [2.05, 4.69) is 5.32 Å². The lowest BCUT2D eigenvalue weighted by molar-refractivity contribution is -0.384. The second-order valence-corrected chi connectivity index (χ2v) is 13.1. The van der Waals surface area contributed by atoms with Gasteiger partial charge in [-0.25, -0.2) is 8.42 Å². The van der Waals surface area contributed by atoms with Gasteiger partial charge < -0.3 is 10.2 Å². The molecule has 12 heteroatoms. The van der Waals surface area contributed by atoms with Gasteiger partial charge in [0.05, 0.1) is 15.5 Å². The molecule has 4 aromatic carbocycles. The minimum Gasteiger partial charge on any atom is -0.352 e. The van der Waals surface area contributed by atoms with Crippen LogP contribution in [-0.4, -0.2) is 48.7 Å². The number of hydrogen-bond donors (Lipinski definition) is 1. The molecule has 2 atom stereocenters. The van der Waals surface area contributed by atoms with E-state index in [1.807, 2.05) is 44.2 Å². The van der Waals surface area contributed by atoms with Crippen molar-refractivity contribution in [3.05, 3.63) is 135 Å². The van der Waals surface area contributed by atoms with Crippen LogP contribution in [0.25, 0.3) is 0 Å². The Morgan fingerprint density at radius 2 is 1.52 bits per heavy atom. The standard InChI is InChI=1S/C34H35ClN4O6S/c1-3-25(2)36-34(41)32(21-26-12-6-4-7-13-26)37(23-27-14-10-15-28(35)20-27)33(40)24-38(29-16-11-17-30(22-29)39(42)43)46(44,45)31-18-8-5-9-19-31/h4-20,22,25,32H,3,21,23-24H2,1-2H3,(H,36,41)/t25-,32-/m0/s1. The predicted molar refractivity (Wildman–Crippen MR) is 178 cm³/mol. The van der Waals surface area contributed by atoms with Gasteiger partial charge in [-0.2, -0.15) is 0 Å². The lowest BCUT2D eigenvalue weighted by atomic mass is 10.0. The van der Waals surface area contributed by atoms with Crippen LogP contribution in [0.1, 0.15) is 31.4 Å². The minimum atomic E-state index is -4.39. The number of sulfonamides is 1. The fourth-order valence-electron chi connectivity index (χ4n) is 4.84. The first-order chi connectivity index (χ1) is 22.0. The van der Waals surface area contributed by atoms with Crippen LogP contribution in [0.2, 0.25) is 5.02 Å². The third kappa shape index (κ3) is 8.70. The summed E-state index contributed by atoms with van der Waals surface area (Å²) in [4.78, 5) is 40.6. The molecular formula is C34H35ClN4O6S. The van der Waals surface area contributed by atoms with E-state index in [0.717, 1.165) is 15.9 Å². The molecule has 0 saturated carbocycles. The zero-order valence-electron chi connectivity index (χ0n) is 25.5. The maximum atomic E-state index is 14.5. The largest absolute Gasteiger partial charge is 0.352 e. The van der Waals surface area contributed by atoms with Crippen LogP contribution in [0, 0.1) is 10.1 Å². The van der Waals surface area contributed by atoms with Crippen LogP contribution in [0.4, 0.5) is 11.4 Å². The van der Waals surface area contributed by atoms with Crippen molar-refractivity contribution >= 4 is 44.8 Å². The van der Waals surface area contributed by atoms with Gasteiger partial charge >= 0.3 is 0 Å². The zero-order chi connectivity index (χ0) is 33.3. The number of halogens is 1. The second-order valence-electron chi connectivity index (χ2n) is 10.8. The van der Waals surface area contributed by atoms with E-state index < -0.39 is 39.3 Å². The van der Waals surface area contributed by atoms with Gasteiger partial charge in [0.1, 0.15) is 12.6 Å². The Morgan fingerprint density at radius 1 is 0.891 bits per heavy atom. The van der Waals surface area contributed by atoms with Crippen LogP contribution in [0.5, 0.6) is 0 Å². The van der Waals surface area contributed by atoms with E-state index in [-0.39, 0.29) is 35.3 Å². The van der Waals surface area contributed by atoms with Gasteiger partial charge in [-0.15, -0.1) is 0 Å². The van der Waals surface area contributed by atoms with Crippen LogP contribution in [0.3, 0.4) is 0 Å². The minimum absolute atomic E-state index is 0.0566. The SMILES string of the molecule is CC[C@H](C)NC(=O)[C@H](Cc1ccccc1)N(Cc1cccc(Cl)c1)C(=O)CN(c1cccc([N+](=O)[O-])c1)S(=O)(=O)c1ccccc1. The molecule has 0 heterocycles. The molecule has 0 spiro atoms. The van der Waals surface area contributed by atoms with E-state index in [1.54, 1.807) is 42.5 Å². The third-order valence-corrected chi connectivity index (χ3v) is 9.48. The molecule has 0 aliphatic carbocycles. The summed E-state index contributed by atoms with van der Waals surface area (Å²) >= 11 is 6.27. The summed E-state index contributed by atoms with van der Waals surface area (Å²) in [7, 11) is -4.39. The summed E-state index contributed by atoms with van der Waals surface area (Å²) in [6.07, 6.45) is 0.805. The van der Waals surface area contributed by atoms with Crippen molar-refractivity contribution in [2.75, 3.05) is 10.8 Å². The fraction of sp³-hybridized carbons (Fsp3) is 0.235. The summed E-state index contributed by atoms with van der Waals surface area (Å²) < 4.78 is 28.9. The summed E-state index contributed by atoms with van der Waals surface area (Å²) in [6.45, 7) is 2.99. The highest BCUT2D eigenvalue weighted by Crippen LogP contribution is 2.28. The van der Waals surface area contributed by atoms with Crippen LogP contribution < -0.4 is 9.62 Å². The number of rotatable bonds is 14. The maximum Gasteiger partial charge on any atom is 0.271 e. The van der Waals surface area contributed by atoms with E-state index in [4.69, 9.17) is 11.6 Å². The molecule has 1 N–H and O–H groups in total. The van der Waals surface area contributed by atoms with E-state index in [0.29, 0.717) is 17.0 Å². The van der Waals surface area contributed by atoms with E-state index in [1.165, 1.54) is 35.2 Å². The monoisotopic (exact) mass is 662 g/mol. The fourth-order valence-corrected chi connectivity index (χ4v) is 6.48. The lowest BCUT2D eigenvalue weighted by Crippen LogP contribution is -2.54. The summed E-state index contributed by atoms with van der Waals surface area (Å²) in [5, 5.41) is 15.0. The third-order valence-electron chi connectivity index (χ3n) is 7.45. The average Bonchev–Trinajstić information content (AvgIpc) is 3.05. The molecule has 0 fully saturated rings. The number of benzene rings is 4. The highest BCUT2D eigenvalue weighted by molar-refractivity contribution is 7.92. The highest BCUT2D eigenvalue weighted by Gasteiger charge is 2.35. The molecule has 0 saturated heterocycles. The van der Waals surface area contributed by atoms with Gasteiger partial charge in [-0.1, -0.05) is 85.3 Å². The Balaban J connectivity index is 1.83. The Hall–Kier alpha value is -4.74. The number of hydrogen-bond acceptors (Lipinski definition) is 6. The number of nitro benzene ring substituents is 1. The normalized spacial score (nSPS) is 12.5. The molecule has 4 rings (SSSR count). The van der Waals surface area contributed by atoms with Crippen molar-refractivity contribution in [1.82, 2.24) is 10.2 Å². The molecule has 0 bridgehead atoms. The zero-order valence-corrected chi connectivity index (χ0v) is 27.0. The van der Waals surface area contributed by atoms with Crippen LogP contribution in [-0.2, 0) is 32.6 Å². The molecule has 10 nitrogen and oxygen atoms in total. The molecule has 0 aliphatic heterocycles. The van der Waals surface area contributed by atoms with Crippen molar-refractivity contribution in [1.29, 1.82) is 0 Å². The quantitative estimate of drug-likeness (QED) is 0.130. The van der Waals surface area contributed by atoms with Gasteiger partial charge in [-0.3, -0.25) is 24.0 Å². The summed E-state index contributed by atoms with van der Waals surface area (Å²) in [5.74, 6) is -1.09. The van der Waals surface area contributed by atoms with Gasteiger partial charge in [0.15, 0.2) is 0 Å². The smallest absolute Gasteiger partial charge is 0.271 e. The van der Waals surface area contributed by atoms with Gasteiger partial charge in [0.25, 0.3) is 15.7 Å².